The Bertz CT molecular complexity index is 258. The third-order valence-corrected chi connectivity index (χ3v) is 1.25. The minimum Gasteiger partial charge on any atom is -0.382 e. The van der Waals surface area contributed by atoms with Crippen LogP contribution in [0, 0.1) is 0 Å². The first-order valence-electron chi connectivity index (χ1n) is 2.75. The molecule has 1 aliphatic heterocycles. The first-order valence-corrected chi connectivity index (χ1v) is 2.75. The van der Waals surface area contributed by atoms with Gasteiger partial charge in [0.2, 0.25) is 0 Å². The number of nitrogens with two attached hydrogens (primary N) is 1. The summed E-state index contributed by atoms with van der Waals surface area (Å²) in [5, 5.41) is 0. The van der Waals surface area contributed by atoms with Crippen LogP contribution in [0.5, 0.6) is 0 Å². The molecule has 2 rings (SSSR count). The topological polar surface area (TPSA) is 87.9 Å². The zero-order chi connectivity index (χ0) is 6.97. The van der Waals surface area contributed by atoms with Gasteiger partial charge in [0.1, 0.15) is 12.0 Å². The van der Waals surface area contributed by atoms with E-state index in [-0.39, 0.29) is 0 Å². The fourth-order valence-corrected chi connectivity index (χ4v) is 0.770. The fourth-order valence-electron chi connectivity index (χ4n) is 0.770. The highest BCUT2D eigenvalue weighted by Gasteiger charge is 2.12. The number of nitrogens with zero attached hydrogens (tertiary/aromatic N) is 2. The quantitative estimate of drug-likeness (QED) is 0.380. The Morgan fingerprint density at radius 1 is 1.30 bits per heavy atom. The van der Waals surface area contributed by atoms with E-state index < -0.39 is 0 Å². The Labute approximate surface area is 56.8 Å². The van der Waals surface area contributed by atoms with Gasteiger partial charge in [-0.15, -0.1) is 5.53 Å². The molecule has 10 heavy (non-hydrogen) atoms. The first-order chi connectivity index (χ1) is 4.88. The van der Waals surface area contributed by atoms with E-state index in [1.54, 1.807) is 0 Å². The number of aromatic nitrogens is 2. The van der Waals surface area contributed by atoms with E-state index in [4.69, 9.17) is 5.73 Å². The van der Waals surface area contributed by atoms with Crippen molar-refractivity contribution in [1.29, 1.82) is 0 Å². The molecule has 0 aromatic carbocycles. The standard InChI is InChI=1S/C4H6N6/c5-3-2-4(7-1-6-3)9-10-8-2/h1,8,10H,(H3,5,6,7,9). The Morgan fingerprint density at radius 2 is 2.20 bits per heavy atom. The maximum atomic E-state index is 5.48. The molecule has 0 unspecified atom stereocenters. The molecule has 6 nitrogen and oxygen atoms in total. The smallest absolute Gasteiger partial charge is 0.172 e. The predicted molar refractivity (Wildman–Crippen MR) is 36.8 cm³/mol. The fraction of sp³-hybridized carbons (Fsp3) is 0. The van der Waals surface area contributed by atoms with Crippen molar-refractivity contribution in [2.75, 3.05) is 16.6 Å². The number of nitrogen functional groups attached to an aromatic ring is 1. The van der Waals surface area contributed by atoms with Crippen LogP contribution in [0.25, 0.3) is 0 Å². The van der Waals surface area contributed by atoms with Crippen LogP contribution in [0.4, 0.5) is 17.3 Å². The van der Waals surface area contributed by atoms with Crippen LogP contribution in [0.15, 0.2) is 6.33 Å². The van der Waals surface area contributed by atoms with Gasteiger partial charge in [-0.3, -0.25) is 10.9 Å². The highest BCUT2D eigenvalue weighted by Crippen LogP contribution is 2.24. The minimum atomic E-state index is 0.433. The molecule has 1 aliphatic rings. The summed E-state index contributed by atoms with van der Waals surface area (Å²) < 4.78 is 0. The molecule has 0 saturated carbocycles. The van der Waals surface area contributed by atoms with Gasteiger partial charge >= 0.3 is 0 Å². The summed E-state index contributed by atoms with van der Waals surface area (Å²) in [6.45, 7) is 0. The monoisotopic (exact) mass is 138 g/mol. The number of hydrogen-bond acceptors (Lipinski definition) is 6. The van der Waals surface area contributed by atoms with Gasteiger partial charge in [-0.1, -0.05) is 0 Å². The van der Waals surface area contributed by atoms with Crippen molar-refractivity contribution >= 4 is 17.3 Å². The number of rotatable bonds is 0. The average molecular weight is 138 g/mol. The molecule has 52 valence electrons. The summed E-state index contributed by atoms with van der Waals surface area (Å²) in [7, 11) is 0. The molecule has 0 radical (unpaired) electrons. The third-order valence-electron chi connectivity index (χ3n) is 1.25. The largest absolute Gasteiger partial charge is 0.382 e. The Hall–Kier alpha value is -1.56. The van der Waals surface area contributed by atoms with Crippen LogP contribution in [0.2, 0.25) is 0 Å². The van der Waals surface area contributed by atoms with Crippen molar-refractivity contribution in [2.24, 2.45) is 0 Å². The molecule has 0 aliphatic carbocycles. The van der Waals surface area contributed by atoms with Gasteiger partial charge in [-0.2, -0.15) is 0 Å². The van der Waals surface area contributed by atoms with Gasteiger partial charge in [0.05, 0.1) is 0 Å². The molecule has 2 heterocycles. The number of nitrogens with one attached hydrogen (secondary N) is 3. The van der Waals surface area contributed by atoms with Gasteiger partial charge < -0.3 is 5.73 Å². The lowest BCUT2D eigenvalue weighted by Gasteiger charge is -1.96. The zero-order valence-corrected chi connectivity index (χ0v) is 5.05. The Morgan fingerprint density at radius 3 is 3.00 bits per heavy atom. The summed E-state index contributed by atoms with van der Waals surface area (Å²) in [4.78, 5) is 7.67. The van der Waals surface area contributed by atoms with E-state index in [2.05, 4.69) is 26.4 Å². The molecule has 1 aromatic heterocycles. The maximum absolute atomic E-state index is 5.48. The third kappa shape index (κ3) is 0.560. The molecule has 0 saturated heterocycles. The van der Waals surface area contributed by atoms with E-state index in [1.165, 1.54) is 6.33 Å². The molecule has 0 bridgehead atoms. The van der Waals surface area contributed by atoms with Crippen molar-refractivity contribution in [3.05, 3.63) is 6.33 Å². The van der Waals surface area contributed by atoms with E-state index in [9.17, 15) is 0 Å². The molecule has 1 aromatic rings. The maximum Gasteiger partial charge on any atom is 0.172 e. The van der Waals surface area contributed by atoms with Crippen LogP contribution in [-0.2, 0) is 0 Å². The van der Waals surface area contributed by atoms with Crippen molar-refractivity contribution < 1.29 is 0 Å². The van der Waals surface area contributed by atoms with Crippen LogP contribution >= 0.6 is 0 Å². The molecule has 6 heteroatoms. The number of hydrogen-bond donors (Lipinski definition) is 4. The van der Waals surface area contributed by atoms with E-state index in [0.717, 1.165) is 0 Å². The lowest BCUT2D eigenvalue weighted by molar-refractivity contribution is 0.999. The van der Waals surface area contributed by atoms with E-state index in [1.807, 2.05) is 0 Å². The van der Waals surface area contributed by atoms with E-state index >= 15 is 0 Å². The normalized spacial score (nSPS) is 13.6. The zero-order valence-electron chi connectivity index (χ0n) is 5.05. The molecule has 0 amide bonds. The number of anilines is 3. The second-order valence-corrected chi connectivity index (χ2v) is 1.86. The molecule has 0 spiro atoms. The van der Waals surface area contributed by atoms with Crippen LogP contribution in [0.3, 0.4) is 0 Å². The van der Waals surface area contributed by atoms with Gasteiger partial charge in [0.15, 0.2) is 11.6 Å². The second kappa shape index (κ2) is 1.71. The lowest BCUT2D eigenvalue weighted by atomic mass is 10.4. The summed E-state index contributed by atoms with van der Waals surface area (Å²) >= 11 is 0. The molecular weight excluding hydrogens is 132 g/mol. The second-order valence-electron chi connectivity index (χ2n) is 1.86. The van der Waals surface area contributed by atoms with Crippen LogP contribution in [-0.4, -0.2) is 9.97 Å². The van der Waals surface area contributed by atoms with E-state index in [0.29, 0.717) is 17.3 Å². The summed E-state index contributed by atoms with van der Waals surface area (Å²) in [6.07, 6.45) is 1.40. The molecular formula is C4H6N6. The molecule has 0 fully saturated rings. The summed E-state index contributed by atoms with van der Waals surface area (Å²) in [6, 6.07) is 0. The van der Waals surface area contributed by atoms with Crippen molar-refractivity contribution in [1.82, 2.24) is 15.5 Å². The van der Waals surface area contributed by atoms with Gasteiger partial charge in [0.25, 0.3) is 0 Å². The SMILES string of the molecule is Nc1ncnc2c1NNN2. The first kappa shape index (κ1) is 5.24. The van der Waals surface area contributed by atoms with Gasteiger partial charge in [0, 0.05) is 0 Å². The Balaban J connectivity index is 2.59. The van der Waals surface area contributed by atoms with Crippen molar-refractivity contribution in [3.8, 4) is 0 Å². The van der Waals surface area contributed by atoms with Crippen LogP contribution < -0.4 is 22.1 Å². The Kier molecular flexibility index (Phi) is 0.896. The summed E-state index contributed by atoms with van der Waals surface area (Å²) in [5.41, 5.74) is 14.3. The minimum absolute atomic E-state index is 0.433. The predicted octanol–water partition coefficient (Wildman–Crippen LogP) is -0.684. The van der Waals surface area contributed by atoms with Crippen molar-refractivity contribution in [3.63, 3.8) is 0 Å². The summed E-state index contributed by atoms with van der Waals surface area (Å²) in [5.74, 6) is 1.11. The van der Waals surface area contributed by atoms with Crippen LogP contribution in [0.1, 0.15) is 0 Å². The average Bonchev–Trinajstić information content (AvgIpc) is 2.36. The van der Waals surface area contributed by atoms with Gasteiger partial charge in [-0.05, 0) is 0 Å². The molecule has 5 N–H and O–H groups in total. The molecule has 0 atom stereocenters. The number of fused-ring (bicyclic) bond motifs is 1. The lowest BCUT2D eigenvalue weighted by Crippen LogP contribution is -2.19. The highest BCUT2D eigenvalue weighted by atomic mass is 15.6. The van der Waals surface area contributed by atoms with Gasteiger partial charge in [-0.25, -0.2) is 9.97 Å². The number of hydrazine groups is 2. The van der Waals surface area contributed by atoms with Crippen molar-refractivity contribution in [2.45, 2.75) is 0 Å². The highest BCUT2D eigenvalue weighted by molar-refractivity contribution is 5.77.